The second-order valence-electron chi connectivity index (χ2n) is 4.50. The van der Waals surface area contributed by atoms with Gasteiger partial charge in [0.05, 0.1) is 0 Å². The van der Waals surface area contributed by atoms with Crippen LogP contribution < -0.4 is 5.32 Å². The van der Waals surface area contributed by atoms with Crippen LogP contribution in [-0.2, 0) is 4.79 Å². The van der Waals surface area contributed by atoms with Gasteiger partial charge in [-0.2, -0.15) is 0 Å². The van der Waals surface area contributed by atoms with E-state index in [4.69, 9.17) is 10.2 Å². The number of carboxylic acids is 1. The highest BCUT2D eigenvalue weighted by Crippen LogP contribution is 2.11. The number of aliphatic hydroxyl groups excluding tert-OH is 1. The van der Waals surface area contributed by atoms with E-state index < -0.39 is 11.6 Å². The average Bonchev–Trinajstić information content (AvgIpc) is 2.03. The summed E-state index contributed by atoms with van der Waals surface area (Å²) in [6.45, 7) is 5.34. The highest BCUT2D eigenvalue weighted by atomic mass is 16.4. The summed E-state index contributed by atoms with van der Waals surface area (Å²) in [6.07, 6.45) is 0. The minimum absolute atomic E-state index is 0.00914. The zero-order valence-corrected chi connectivity index (χ0v) is 8.87. The fraction of sp³-hybridized carbons (Fsp3) is 0.889. The Morgan fingerprint density at radius 3 is 2.14 bits per heavy atom. The third-order valence-corrected chi connectivity index (χ3v) is 1.96. The molecule has 0 rings (SSSR count). The number of carbonyl (C=O) groups is 1. The van der Waals surface area contributed by atoms with Crippen molar-refractivity contribution in [3.8, 4) is 0 Å². The van der Waals surface area contributed by atoms with E-state index in [0.717, 1.165) is 0 Å². The molecule has 1 unspecified atom stereocenters. The van der Waals surface area contributed by atoms with Crippen LogP contribution in [0.2, 0.25) is 0 Å². The van der Waals surface area contributed by atoms with Crippen LogP contribution in [-0.4, -0.2) is 46.6 Å². The van der Waals surface area contributed by atoms with Crippen LogP contribution in [0.5, 0.6) is 0 Å². The van der Waals surface area contributed by atoms with Crippen molar-refractivity contribution in [3.05, 3.63) is 0 Å². The minimum Gasteiger partial charge on any atom is -0.479 e. The van der Waals surface area contributed by atoms with Crippen molar-refractivity contribution in [2.45, 2.75) is 26.4 Å². The van der Waals surface area contributed by atoms with E-state index in [1.54, 1.807) is 0 Å². The summed E-state index contributed by atoms with van der Waals surface area (Å²) >= 11 is 0. The number of hydrogen-bond acceptors (Lipinski definition) is 4. The highest BCUT2D eigenvalue weighted by molar-refractivity contribution is 5.76. The Balaban J connectivity index is 3.91. The zero-order chi connectivity index (χ0) is 11.4. The predicted octanol–water partition coefficient (Wildman–Crippen LogP) is -0.570. The molecule has 0 bridgehead atoms. The van der Waals surface area contributed by atoms with E-state index in [1.165, 1.54) is 6.92 Å². The first-order valence-electron chi connectivity index (χ1n) is 4.49. The second kappa shape index (κ2) is 4.72. The molecule has 0 aromatic rings. The van der Waals surface area contributed by atoms with Gasteiger partial charge in [0.25, 0.3) is 0 Å². The fourth-order valence-corrected chi connectivity index (χ4v) is 0.776. The van der Waals surface area contributed by atoms with E-state index in [9.17, 15) is 9.90 Å². The minimum atomic E-state index is -1.76. The second-order valence-corrected chi connectivity index (χ2v) is 4.50. The van der Waals surface area contributed by atoms with Crippen LogP contribution in [0.4, 0.5) is 0 Å². The molecule has 0 fully saturated rings. The highest BCUT2D eigenvalue weighted by Gasteiger charge is 2.30. The standard InChI is InChI=1S/C9H19NO4/c1-8(2,6-11)4-10-5-9(3,14)7(12)13/h10-11,14H,4-6H2,1-3H3,(H,12,13). The van der Waals surface area contributed by atoms with Crippen LogP contribution in [0.25, 0.3) is 0 Å². The summed E-state index contributed by atoms with van der Waals surface area (Å²) in [6, 6.07) is 0. The van der Waals surface area contributed by atoms with E-state index in [2.05, 4.69) is 5.32 Å². The summed E-state index contributed by atoms with van der Waals surface area (Å²) in [5, 5.41) is 29.6. The van der Waals surface area contributed by atoms with Gasteiger partial charge in [0.15, 0.2) is 5.60 Å². The Bertz CT molecular complexity index is 201. The summed E-state index contributed by atoms with van der Waals surface area (Å²) in [5.41, 5.74) is -2.07. The molecule has 0 aliphatic carbocycles. The lowest BCUT2D eigenvalue weighted by Gasteiger charge is -2.25. The fourth-order valence-electron chi connectivity index (χ4n) is 0.776. The van der Waals surface area contributed by atoms with Gasteiger partial charge in [-0.15, -0.1) is 0 Å². The van der Waals surface area contributed by atoms with Crippen LogP contribution in [0.1, 0.15) is 20.8 Å². The maximum atomic E-state index is 10.5. The van der Waals surface area contributed by atoms with Gasteiger partial charge in [-0.1, -0.05) is 13.8 Å². The zero-order valence-electron chi connectivity index (χ0n) is 8.87. The monoisotopic (exact) mass is 205 g/mol. The van der Waals surface area contributed by atoms with Gasteiger partial charge >= 0.3 is 5.97 Å². The Labute approximate surface area is 83.8 Å². The maximum absolute atomic E-state index is 10.5. The molecule has 14 heavy (non-hydrogen) atoms. The quantitative estimate of drug-likeness (QED) is 0.466. The molecule has 84 valence electrons. The third-order valence-electron chi connectivity index (χ3n) is 1.96. The van der Waals surface area contributed by atoms with Gasteiger partial charge in [0, 0.05) is 25.1 Å². The van der Waals surface area contributed by atoms with Gasteiger partial charge < -0.3 is 20.6 Å². The largest absolute Gasteiger partial charge is 0.479 e. The number of carboxylic acid groups (broad SMARTS) is 1. The molecule has 1 atom stereocenters. The predicted molar refractivity (Wildman–Crippen MR) is 52.0 cm³/mol. The first-order valence-corrected chi connectivity index (χ1v) is 4.49. The lowest BCUT2D eigenvalue weighted by Crippen LogP contribution is -2.47. The molecule has 0 aromatic carbocycles. The van der Waals surface area contributed by atoms with Crippen LogP contribution in [0.3, 0.4) is 0 Å². The molecule has 0 amide bonds. The Morgan fingerprint density at radius 1 is 1.29 bits per heavy atom. The molecule has 4 N–H and O–H groups in total. The van der Waals surface area contributed by atoms with Crippen molar-refractivity contribution < 1.29 is 20.1 Å². The normalized spacial score (nSPS) is 16.4. The van der Waals surface area contributed by atoms with Crippen molar-refractivity contribution in [2.75, 3.05) is 19.7 Å². The van der Waals surface area contributed by atoms with E-state index in [-0.39, 0.29) is 18.6 Å². The SMILES string of the molecule is CC(C)(CO)CNCC(C)(O)C(=O)O. The molecule has 0 aliphatic rings. The van der Waals surface area contributed by atoms with Crippen LogP contribution in [0.15, 0.2) is 0 Å². The Hall–Kier alpha value is -0.650. The molecular formula is C9H19NO4. The lowest BCUT2D eigenvalue weighted by molar-refractivity contribution is -0.156. The molecule has 0 radical (unpaired) electrons. The summed E-state index contributed by atoms with van der Waals surface area (Å²) in [7, 11) is 0. The van der Waals surface area contributed by atoms with E-state index >= 15 is 0 Å². The number of aliphatic hydroxyl groups is 2. The molecule has 5 nitrogen and oxygen atoms in total. The summed E-state index contributed by atoms with van der Waals surface area (Å²) in [5.74, 6) is -1.26. The van der Waals surface area contributed by atoms with Gasteiger partial charge in [-0.05, 0) is 6.92 Å². The number of nitrogens with one attached hydrogen (secondary N) is 1. The van der Waals surface area contributed by atoms with Crippen molar-refractivity contribution >= 4 is 5.97 Å². The third kappa shape index (κ3) is 4.55. The van der Waals surface area contributed by atoms with Crippen molar-refractivity contribution in [2.24, 2.45) is 5.41 Å². The number of hydrogen-bond donors (Lipinski definition) is 4. The van der Waals surface area contributed by atoms with Gasteiger partial charge in [-0.3, -0.25) is 0 Å². The topological polar surface area (TPSA) is 89.8 Å². The van der Waals surface area contributed by atoms with E-state index in [0.29, 0.717) is 6.54 Å². The molecule has 5 heteroatoms. The molecule has 0 saturated carbocycles. The first kappa shape index (κ1) is 13.4. The van der Waals surface area contributed by atoms with Crippen LogP contribution in [0, 0.1) is 5.41 Å². The van der Waals surface area contributed by atoms with Gasteiger partial charge in [0.1, 0.15) is 0 Å². The Kier molecular flexibility index (Phi) is 4.51. The Morgan fingerprint density at radius 2 is 1.79 bits per heavy atom. The van der Waals surface area contributed by atoms with E-state index in [1.807, 2.05) is 13.8 Å². The smallest absolute Gasteiger partial charge is 0.336 e. The molecule has 0 saturated heterocycles. The maximum Gasteiger partial charge on any atom is 0.336 e. The summed E-state index contributed by atoms with van der Waals surface area (Å²) < 4.78 is 0. The molecular weight excluding hydrogens is 186 g/mol. The first-order chi connectivity index (χ1) is 6.21. The molecule has 0 aromatic heterocycles. The summed E-state index contributed by atoms with van der Waals surface area (Å²) in [4.78, 5) is 10.5. The molecule has 0 heterocycles. The van der Waals surface area contributed by atoms with Gasteiger partial charge in [0.2, 0.25) is 0 Å². The number of aliphatic carboxylic acids is 1. The van der Waals surface area contributed by atoms with Gasteiger partial charge in [-0.25, -0.2) is 4.79 Å². The molecule has 0 aliphatic heterocycles. The van der Waals surface area contributed by atoms with Crippen molar-refractivity contribution in [3.63, 3.8) is 0 Å². The van der Waals surface area contributed by atoms with Crippen molar-refractivity contribution in [1.82, 2.24) is 5.32 Å². The van der Waals surface area contributed by atoms with Crippen LogP contribution >= 0.6 is 0 Å². The van der Waals surface area contributed by atoms with Crippen molar-refractivity contribution in [1.29, 1.82) is 0 Å². The molecule has 0 spiro atoms. The lowest BCUT2D eigenvalue weighted by atomic mass is 9.94. The average molecular weight is 205 g/mol. The number of rotatable bonds is 6.